The topological polar surface area (TPSA) is 35.8 Å². The van der Waals surface area contributed by atoms with Crippen LogP contribution in [0.1, 0.15) is 29.3 Å². The van der Waals surface area contributed by atoms with Crippen LogP contribution in [-0.2, 0) is 0 Å². The van der Waals surface area contributed by atoms with Gasteiger partial charge in [-0.2, -0.15) is 0 Å². The van der Waals surface area contributed by atoms with Gasteiger partial charge in [-0.15, -0.1) is 11.3 Å². The lowest BCUT2D eigenvalue weighted by molar-refractivity contribution is 0.255. The maximum absolute atomic E-state index is 9.99. The predicted octanol–water partition coefficient (Wildman–Crippen LogP) is 5.02. The first-order valence-electron chi connectivity index (χ1n) is 7.60. The van der Waals surface area contributed by atoms with Crippen LogP contribution in [0, 0.1) is 0 Å². The monoisotopic (exact) mass is 368 g/mol. The second kappa shape index (κ2) is 7.67. The molecule has 23 heavy (non-hydrogen) atoms. The third-order valence-electron chi connectivity index (χ3n) is 4.02. The van der Waals surface area contributed by atoms with Crippen molar-refractivity contribution in [1.29, 1.82) is 0 Å². The molecule has 0 bridgehead atoms. The average Bonchev–Trinajstić information content (AvgIpc) is 3.21. The van der Waals surface area contributed by atoms with Crippen LogP contribution in [0.25, 0.3) is 0 Å². The van der Waals surface area contributed by atoms with E-state index < -0.39 is 0 Å². The fourth-order valence-corrected chi connectivity index (χ4v) is 4.22. The molecule has 6 heteroatoms. The zero-order chi connectivity index (χ0) is 16.2. The predicted molar refractivity (Wildman–Crippen MR) is 98.5 cm³/mol. The molecule has 3 rings (SSSR count). The molecule has 1 saturated heterocycles. The van der Waals surface area contributed by atoms with E-state index >= 15 is 0 Å². The van der Waals surface area contributed by atoms with Gasteiger partial charge in [-0.3, -0.25) is 9.89 Å². The smallest absolute Gasteiger partial charge is 0.143 e. The number of phenolic OH excluding ortho intramolecular Hbond substituents is 1. The summed E-state index contributed by atoms with van der Waals surface area (Å²) in [6, 6.07) is 7.73. The van der Waals surface area contributed by atoms with Gasteiger partial charge >= 0.3 is 0 Å². The molecular weight excluding hydrogens is 351 g/mol. The number of aromatic hydroxyl groups is 1. The molecule has 1 fully saturated rings. The van der Waals surface area contributed by atoms with E-state index in [1.807, 2.05) is 0 Å². The van der Waals surface area contributed by atoms with Crippen LogP contribution in [0.5, 0.6) is 5.75 Å². The summed E-state index contributed by atoms with van der Waals surface area (Å²) >= 11 is 13.7. The first-order valence-corrected chi connectivity index (χ1v) is 9.24. The van der Waals surface area contributed by atoms with Crippen LogP contribution < -0.4 is 0 Å². The van der Waals surface area contributed by atoms with Crippen molar-refractivity contribution in [3.8, 4) is 5.75 Å². The second-order valence-corrected chi connectivity index (χ2v) is 7.42. The number of nitrogens with zero attached hydrogens (tertiary/aromatic N) is 2. The van der Waals surface area contributed by atoms with Crippen molar-refractivity contribution in [1.82, 2.24) is 4.90 Å². The lowest BCUT2D eigenvalue weighted by atomic mass is 10.2. The van der Waals surface area contributed by atoms with Gasteiger partial charge in [0.2, 0.25) is 0 Å². The van der Waals surface area contributed by atoms with Gasteiger partial charge in [-0.25, -0.2) is 0 Å². The number of rotatable bonds is 5. The maximum Gasteiger partial charge on any atom is 0.143 e. The van der Waals surface area contributed by atoms with Gasteiger partial charge in [0, 0.05) is 21.7 Å². The summed E-state index contributed by atoms with van der Waals surface area (Å²) in [4.78, 5) is 8.36. The summed E-state index contributed by atoms with van der Waals surface area (Å²) in [7, 11) is 0. The molecule has 0 radical (unpaired) electrons. The van der Waals surface area contributed by atoms with E-state index in [0.717, 1.165) is 13.1 Å². The molecule has 0 aliphatic carbocycles. The molecule has 0 unspecified atom stereocenters. The fourth-order valence-electron chi connectivity index (χ4n) is 2.85. The van der Waals surface area contributed by atoms with Crippen molar-refractivity contribution in [3.05, 3.63) is 50.1 Å². The van der Waals surface area contributed by atoms with Gasteiger partial charge in [-0.05, 0) is 49.5 Å². The summed E-state index contributed by atoms with van der Waals surface area (Å²) in [5.41, 5.74) is 0.550. The SMILES string of the molecule is Oc1c(Cl)cc(Cl)cc1C=NC[C@@H](c1cccs1)N1CCCC1. The Morgan fingerprint density at radius 1 is 1.30 bits per heavy atom. The lowest BCUT2D eigenvalue weighted by Gasteiger charge is -2.25. The maximum atomic E-state index is 9.99. The molecule has 1 aromatic heterocycles. The Bertz CT molecular complexity index is 682. The van der Waals surface area contributed by atoms with Crippen LogP contribution in [0.15, 0.2) is 34.6 Å². The molecule has 2 aromatic rings. The molecule has 1 N–H and O–H groups in total. The minimum atomic E-state index is 0.0219. The zero-order valence-electron chi connectivity index (χ0n) is 12.6. The zero-order valence-corrected chi connectivity index (χ0v) is 14.9. The van der Waals surface area contributed by atoms with E-state index in [0.29, 0.717) is 23.2 Å². The lowest BCUT2D eigenvalue weighted by Crippen LogP contribution is -2.27. The van der Waals surface area contributed by atoms with Crippen molar-refractivity contribution in [2.75, 3.05) is 19.6 Å². The molecule has 1 atom stereocenters. The van der Waals surface area contributed by atoms with Crippen LogP contribution in [0.4, 0.5) is 0 Å². The largest absolute Gasteiger partial charge is 0.506 e. The standard InChI is InChI=1S/C17H18Cl2N2OS/c18-13-8-12(17(22)14(19)9-13)10-20-11-15(16-4-3-7-23-16)21-5-1-2-6-21/h3-4,7-10,15,22H,1-2,5-6,11H2/t15-/m0/s1. The number of benzene rings is 1. The van der Waals surface area contributed by atoms with Crippen LogP contribution in [0.2, 0.25) is 10.0 Å². The number of hydrogen-bond donors (Lipinski definition) is 1. The minimum Gasteiger partial charge on any atom is -0.506 e. The van der Waals surface area contributed by atoms with Gasteiger partial charge < -0.3 is 5.11 Å². The highest BCUT2D eigenvalue weighted by atomic mass is 35.5. The van der Waals surface area contributed by atoms with Crippen molar-refractivity contribution in [3.63, 3.8) is 0 Å². The Labute approximate surface area is 150 Å². The molecule has 1 aliphatic rings. The van der Waals surface area contributed by atoms with E-state index in [-0.39, 0.29) is 10.8 Å². The molecule has 0 amide bonds. The van der Waals surface area contributed by atoms with Gasteiger partial charge in [-0.1, -0.05) is 29.3 Å². The van der Waals surface area contributed by atoms with E-state index in [1.54, 1.807) is 23.6 Å². The molecule has 1 aromatic carbocycles. The van der Waals surface area contributed by atoms with Crippen LogP contribution in [0.3, 0.4) is 0 Å². The van der Waals surface area contributed by atoms with Gasteiger partial charge in [0.25, 0.3) is 0 Å². The third-order valence-corrected chi connectivity index (χ3v) is 5.50. The molecule has 0 saturated carbocycles. The fraction of sp³-hybridized carbons (Fsp3) is 0.353. The second-order valence-electron chi connectivity index (χ2n) is 5.59. The summed E-state index contributed by atoms with van der Waals surface area (Å²) in [5.74, 6) is 0.0219. The highest BCUT2D eigenvalue weighted by Gasteiger charge is 2.23. The molecule has 2 heterocycles. The Morgan fingerprint density at radius 2 is 2.09 bits per heavy atom. The van der Waals surface area contributed by atoms with E-state index in [4.69, 9.17) is 23.2 Å². The highest BCUT2D eigenvalue weighted by molar-refractivity contribution is 7.10. The van der Waals surface area contributed by atoms with E-state index in [9.17, 15) is 5.11 Å². The first kappa shape index (κ1) is 16.8. The Kier molecular flexibility index (Phi) is 5.59. The van der Waals surface area contributed by atoms with Crippen molar-refractivity contribution in [2.45, 2.75) is 18.9 Å². The van der Waals surface area contributed by atoms with Crippen molar-refractivity contribution < 1.29 is 5.11 Å². The summed E-state index contributed by atoms with van der Waals surface area (Å²) in [6.07, 6.45) is 4.15. The average molecular weight is 369 g/mol. The van der Waals surface area contributed by atoms with E-state index in [1.165, 1.54) is 23.8 Å². The third kappa shape index (κ3) is 4.07. The van der Waals surface area contributed by atoms with Crippen molar-refractivity contribution >= 4 is 40.8 Å². The normalized spacial score (nSPS) is 17.1. The van der Waals surface area contributed by atoms with Gasteiger partial charge in [0.05, 0.1) is 17.6 Å². The Balaban J connectivity index is 1.76. The summed E-state index contributed by atoms with van der Waals surface area (Å²) < 4.78 is 0. The Morgan fingerprint density at radius 3 is 2.78 bits per heavy atom. The van der Waals surface area contributed by atoms with Crippen LogP contribution in [-0.4, -0.2) is 35.9 Å². The van der Waals surface area contributed by atoms with Crippen LogP contribution >= 0.6 is 34.5 Å². The molecule has 1 aliphatic heterocycles. The van der Waals surface area contributed by atoms with Gasteiger partial charge in [0.1, 0.15) is 5.75 Å². The molecule has 3 nitrogen and oxygen atoms in total. The first-order chi connectivity index (χ1) is 11.1. The summed E-state index contributed by atoms with van der Waals surface area (Å²) in [5, 5.41) is 12.8. The number of likely N-dealkylation sites (tertiary alicyclic amines) is 1. The summed E-state index contributed by atoms with van der Waals surface area (Å²) in [6.45, 7) is 2.89. The highest BCUT2D eigenvalue weighted by Crippen LogP contribution is 2.31. The Hall–Kier alpha value is -1.07. The number of halogens is 2. The number of phenols is 1. The van der Waals surface area contributed by atoms with E-state index in [2.05, 4.69) is 27.4 Å². The quantitative estimate of drug-likeness (QED) is 0.752. The number of thiophene rings is 1. The molecule has 122 valence electrons. The minimum absolute atomic E-state index is 0.0219. The van der Waals surface area contributed by atoms with Gasteiger partial charge in [0.15, 0.2) is 0 Å². The number of aliphatic imine (C=N–C) groups is 1. The number of hydrogen-bond acceptors (Lipinski definition) is 4. The molecular formula is C17H18Cl2N2OS. The van der Waals surface area contributed by atoms with Crippen molar-refractivity contribution in [2.24, 2.45) is 4.99 Å². The molecule has 0 spiro atoms.